The minimum Gasteiger partial charge on any atom is -0.359 e. The lowest BCUT2D eigenvalue weighted by Gasteiger charge is -2.30. The molecule has 2 aromatic heterocycles. The van der Waals surface area contributed by atoms with E-state index in [4.69, 9.17) is 11.6 Å². The number of hydrogen-bond donors (Lipinski definition) is 1. The Labute approximate surface area is 178 Å². The summed E-state index contributed by atoms with van der Waals surface area (Å²) in [5.74, 6) is 0.906. The third-order valence-corrected chi connectivity index (χ3v) is 5.15. The molecule has 30 heavy (non-hydrogen) atoms. The summed E-state index contributed by atoms with van der Waals surface area (Å²) < 4.78 is 1.76. The number of rotatable bonds is 5. The van der Waals surface area contributed by atoms with Gasteiger partial charge in [-0.1, -0.05) is 23.7 Å². The fourth-order valence-corrected chi connectivity index (χ4v) is 3.33. The van der Waals surface area contributed by atoms with Gasteiger partial charge in [0, 0.05) is 25.3 Å². The topological polar surface area (TPSA) is 96.2 Å². The normalized spacial score (nSPS) is 13.0. The fourth-order valence-electron chi connectivity index (χ4n) is 3.20. The second-order valence-electron chi connectivity index (χ2n) is 7.07. The van der Waals surface area contributed by atoms with Gasteiger partial charge in [0.1, 0.15) is 6.33 Å². The van der Waals surface area contributed by atoms with Crippen molar-refractivity contribution in [2.24, 2.45) is 7.05 Å². The van der Waals surface area contributed by atoms with Crippen LogP contribution in [0, 0.1) is 0 Å². The summed E-state index contributed by atoms with van der Waals surface area (Å²) in [6, 6.07) is 8.99. The van der Waals surface area contributed by atoms with Crippen LogP contribution >= 0.6 is 11.6 Å². The molecule has 9 nitrogen and oxygen atoms in total. The van der Waals surface area contributed by atoms with E-state index in [1.54, 1.807) is 41.0 Å². The molecule has 0 saturated heterocycles. The van der Waals surface area contributed by atoms with Gasteiger partial charge in [-0.05, 0) is 23.8 Å². The molecule has 0 unspecified atom stereocenters. The Hall–Kier alpha value is -3.46. The molecule has 1 aromatic carbocycles. The maximum Gasteiger partial charge on any atom is 0.255 e. The maximum absolute atomic E-state index is 12.9. The summed E-state index contributed by atoms with van der Waals surface area (Å²) >= 11 is 5.96. The Morgan fingerprint density at radius 1 is 1.30 bits per heavy atom. The van der Waals surface area contributed by atoms with E-state index in [0.717, 1.165) is 5.56 Å². The number of fused-ring (bicyclic) bond motifs is 1. The van der Waals surface area contributed by atoms with Crippen LogP contribution in [-0.2, 0) is 24.9 Å². The Morgan fingerprint density at radius 3 is 2.77 bits per heavy atom. The van der Waals surface area contributed by atoms with Gasteiger partial charge < -0.3 is 19.7 Å². The van der Waals surface area contributed by atoms with Crippen molar-refractivity contribution in [1.29, 1.82) is 0 Å². The SMILES string of the molecule is CN(Cc1nncn1C)C(=O)c1cnc2c(c1)N(Cc1ccc(Cl)cc1)C(=O)CN2. The van der Waals surface area contributed by atoms with Crippen molar-refractivity contribution >= 4 is 34.9 Å². The van der Waals surface area contributed by atoms with Gasteiger partial charge in [-0.3, -0.25) is 9.59 Å². The van der Waals surface area contributed by atoms with Gasteiger partial charge in [0.15, 0.2) is 11.6 Å². The molecule has 0 atom stereocenters. The van der Waals surface area contributed by atoms with Crippen molar-refractivity contribution < 1.29 is 9.59 Å². The Morgan fingerprint density at radius 2 is 2.07 bits per heavy atom. The van der Waals surface area contributed by atoms with E-state index in [0.29, 0.717) is 41.0 Å². The second-order valence-corrected chi connectivity index (χ2v) is 7.51. The molecule has 1 aliphatic rings. The van der Waals surface area contributed by atoms with E-state index >= 15 is 0 Å². The molecular weight excluding hydrogens is 406 g/mol. The first-order valence-electron chi connectivity index (χ1n) is 9.29. The van der Waals surface area contributed by atoms with Crippen molar-refractivity contribution in [2.45, 2.75) is 13.1 Å². The molecule has 0 fully saturated rings. The quantitative estimate of drug-likeness (QED) is 0.672. The number of aryl methyl sites for hydroxylation is 1. The Kier molecular flexibility index (Phi) is 5.37. The second kappa shape index (κ2) is 8.11. The zero-order chi connectivity index (χ0) is 21.3. The molecule has 0 bridgehead atoms. The monoisotopic (exact) mass is 425 g/mol. The Bertz CT molecular complexity index is 1100. The molecule has 3 aromatic rings. The number of carbonyl (C=O) groups is 2. The van der Waals surface area contributed by atoms with Gasteiger partial charge >= 0.3 is 0 Å². The van der Waals surface area contributed by atoms with E-state index in [2.05, 4.69) is 20.5 Å². The highest BCUT2D eigenvalue weighted by molar-refractivity contribution is 6.30. The van der Waals surface area contributed by atoms with Crippen molar-refractivity contribution in [3.8, 4) is 0 Å². The van der Waals surface area contributed by atoms with Gasteiger partial charge in [0.25, 0.3) is 5.91 Å². The zero-order valence-electron chi connectivity index (χ0n) is 16.5. The first kappa shape index (κ1) is 19.8. The summed E-state index contributed by atoms with van der Waals surface area (Å²) in [7, 11) is 3.51. The van der Waals surface area contributed by atoms with Gasteiger partial charge in [-0.2, -0.15) is 0 Å². The van der Waals surface area contributed by atoms with Crippen molar-refractivity contribution in [3.05, 3.63) is 64.8 Å². The zero-order valence-corrected chi connectivity index (χ0v) is 17.3. The van der Waals surface area contributed by atoms with Crippen LogP contribution in [-0.4, -0.2) is 50.1 Å². The lowest BCUT2D eigenvalue weighted by molar-refractivity contribution is -0.117. The molecule has 0 aliphatic carbocycles. The van der Waals surface area contributed by atoms with Crippen LogP contribution < -0.4 is 10.2 Å². The minimum absolute atomic E-state index is 0.101. The predicted octanol–water partition coefficient (Wildman–Crippen LogP) is 2.09. The number of carbonyl (C=O) groups excluding carboxylic acids is 2. The van der Waals surface area contributed by atoms with E-state index in [9.17, 15) is 9.59 Å². The summed E-state index contributed by atoms with van der Waals surface area (Å²) in [5.41, 5.74) is 1.88. The van der Waals surface area contributed by atoms with E-state index in [-0.39, 0.29) is 18.4 Å². The summed E-state index contributed by atoms with van der Waals surface area (Å²) in [5, 5.41) is 11.5. The van der Waals surface area contributed by atoms with Crippen LogP contribution in [0.2, 0.25) is 5.02 Å². The molecule has 1 N–H and O–H groups in total. The molecule has 1 aliphatic heterocycles. The van der Waals surface area contributed by atoms with Crippen LogP contribution in [0.5, 0.6) is 0 Å². The number of nitrogens with one attached hydrogen (secondary N) is 1. The first-order chi connectivity index (χ1) is 14.4. The average molecular weight is 426 g/mol. The number of halogens is 1. The number of aromatic nitrogens is 4. The van der Waals surface area contributed by atoms with Gasteiger partial charge in [0.2, 0.25) is 5.91 Å². The standard InChI is InChI=1S/C20H20ClN7O2/c1-26(11-17-25-24-12-27(17)2)20(30)14-7-16-19(22-8-14)23-9-18(29)28(16)10-13-3-5-15(21)6-4-13/h3-8,12H,9-11H2,1-2H3,(H,22,23). The number of amides is 2. The van der Waals surface area contributed by atoms with Crippen LogP contribution in [0.3, 0.4) is 0 Å². The highest BCUT2D eigenvalue weighted by Gasteiger charge is 2.27. The predicted molar refractivity (Wildman–Crippen MR) is 112 cm³/mol. The lowest BCUT2D eigenvalue weighted by Crippen LogP contribution is -2.40. The van der Waals surface area contributed by atoms with Crippen molar-refractivity contribution in [3.63, 3.8) is 0 Å². The average Bonchev–Trinajstić information content (AvgIpc) is 3.15. The highest BCUT2D eigenvalue weighted by Crippen LogP contribution is 2.30. The van der Waals surface area contributed by atoms with Gasteiger partial charge in [0.05, 0.1) is 30.9 Å². The number of pyridine rings is 1. The summed E-state index contributed by atoms with van der Waals surface area (Å²) in [6.07, 6.45) is 3.09. The molecule has 4 rings (SSSR count). The third kappa shape index (κ3) is 3.97. The number of benzene rings is 1. The molecule has 0 radical (unpaired) electrons. The third-order valence-electron chi connectivity index (χ3n) is 4.90. The van der Waals surface area contributed by atoms with E-state index < -0.39 is 0 Å². The number of anilines is 2. The molecular formula is C20H20ClN7O2. The van der Waals surface area contributed by atoms with Crippen LogP contribution in [0.25, 0.3) is 0 Å². The van der Waals surface area contributed by atoms with E-state index in [1.807, 2.05) is 19.2 Å². The van der Waals surface area contributed by atoms with Crippen molar-refractivity contribution in [1.82, 2.24) is 24.6 Å². The molecule has 3 heterocycles. The number of hydrogen-bond acceptors (Lipinski definition) is 6. The molecule has 10 heteroatoms. The van der Waals surface area contributed by atoms with Crippen LogP contribution in [0.15, 0.2) is 42.9 Å². The van der Waals surface area contributed by atoms with Gasteiger partial charge in [-0.15, -0.1) is 10.2 Å². The minimum atomic E-state index is -0.224. The highest BCUT2D eigenvalue weighted by atomic mass is 35.5. The number of nitrogens with zero attached hydrogens (tertiary/aromatic N) is 6. The molecule has 0 spiro atoms. The fraction of sp³-hybridized carbons (Fsp3) is 0.250. The van der Waals surface area contributed by atoms with Crippen LogP contribution in [0.1, 0.15) is 21.7 Å². The summed E-state index contributed by atoms with van der Waals surface area (Å²) in [4.78, 5) is 33.1. The van der Waals surface area contributed by atoms with E-state index in [1.165, 1.54) is 11.1 Å². The van der Waals surface area contributed by atoms with Crippen LogP contribution in [0.4, 0.5) is 11.5 Å². The smallest absolute Gasteiger partial charge is 0.255 e. The molecule has 154 valence electrons. The van der Waals surface area contributed by atoms with Crippen molar-refractivity contribution in [2.75, 3.05) is 23.8 Å². The molecule has 0 saturated carbocycles. The van der Waals surface area contributed by atoms with Gasteiger partial charge in [-0.25, -0.2) is 4.98 Å². The first-order valence-corrected chi connectivity index (χ1v) is 9.67. The maximum atomic E-state index is 12.9. The lowest BCUT2D eigenvalue weighted by atomic mass is 10.1. The Balaban J connectivity index is 1.59. The largest absolute Gasteiger partial charge is 0.359 e. The molecule has 2 amide bonds. The summed E-state index contributed by atoms with van der Waals surface area (Å²) in [6.45, 7) is 0.809.